The Balaban J connectivity index is 2.30. The third kappa shape index (κ3) is 3.37. The lowest BCUT2D eigenvalue weighted by Crippen LogP contribution is -2.50. The number of nitrogens with zero attached hydrogens (tertiary/aromatic N) is 3. The van der Waals surface area contributed by atoms with E-state index in [2.05, 4.69) is 9.97 Å². The maximum Gasteiger partial charge on any atom is 0.275 e. The third-order valence-electron chi connectivity index (χ3n) is 2.66. The fourth-order valence-corrected chi connectivity index (χ4v) is 4.72. The van der Waals surface area contributed by atoms with Gasteiger partial charge in [-0.25, -0.2) is 13.4 Å². The molecule has 0 aromatic carbocycles. The molecule has 0 saturated carbocycles. The first-order valence-corrected chi connectivity index (χ1v) is 8.93. The van der Waals surface area contributed by atoms with E-state index in [-0.39, 0.29) is 10.8 Å². The van der Waals surface area contributed by atoms with Crippen molar-refractivity contribution < 1.29 is 13.2 Å². The molecule has 1 aliphatic heterocycles. The number of hydrogen-bond donors (Lipinski definition) is 0. The van der Waals surface area contributed by atoms with Crippen LogP contribution in [0.2, 0.25) is 5.15 Å². The van der Waals surface area contributed by atoms with Gasteiger partial charge in [-0.1, -0.05) is 11.6 Å². The number of hydrogen-bond acceptors (Lipinski definition) is 6. The number of thioether (sulfide) groups is 1. The summed E-state index contributed by atoms with van der Waals surface area (Å²) in [6, 6.07) is 0. The molecule has 0 N–H and O–H groups in total. The Hall–Kier alpha value is -0.860. The minimum Gasteiger partial charge on any atom is -0.319 e. The summed E-state index contributed by atoms with van der Waals surface area (Å²) in [6.07, 6.45) is 3.74. The Bertz CT molecular complexity index is 593. The topological polar surface area (TPSA) is 80.2 Å². The molecule has 1 aliphatic rings. The standard InChI is InChI=1S/C10H12ClN3O3S2/c1-19(16,17)9-6-18-3-2-14(9)10(15)7-4-12-5-8(11)13-7/h4-5,9H,2-3,6H2,1H3. The molecule has 0 bridgehead atoms. The van der Waals surface area contributed by atoms with Crippen molar-refractivity contribution in [1.29, 1.82) is 0 Å². The van der Waals surface area contributed by atoms with Gasteiger partial charge in [0.2, 0.25) is 0 Å². The average molecular weight is 322 g/mol. The van der Waals surface area contributed by atoms with Gasteiger partial charge < -0.3 is 4.90 Å². The fraction of sp³-hybridized carbons (Fsp3) is 0.500. The smallest absolute Gasteiger partial charge is 0.275 e. The van der Waals surface area contributed by atoms with E-state index >= 15 is 0 Å². The van der Waals surface area contributed by atoms with Crippen molar-refractivity contribution in [1.82, 2.24) is 14.9 Å². The van der Waals surface area contributed by atoms with E-state index in [1.165, 1.54) is 29.1 Å². The molecule has 1 fully saturated rings. The molecule has 2 heterocycles. The second-order valence-electron chi connectivity index (χ2n) is 4.08. The summed E-state index contributed by atoms with van der Waals surface area (Å²) in [5, 5.41) is -0.715. The number of sulfone groups is 1. The Morgan fingerprint density at radius 2 is 2.26 bits per heavy atom. The highest BCUT2D eigenvalue weighted by Crippen LogP contribution is 2.22. The molecule has 9 heteroatoms. The fourth-order valence-electron chi connectivity index (χ4n) is 1.76. The number of aromatic nitrogens is 2. The zero-order chi connectivity index (χ0) is 14.0. The van der Waals surface area contributed by atoms with Crippen LogP contribution in [0.4, 0.5) is 0 Å². The van der Waals surface area contributed by atoms with E-state index in [0.29, 0.717) is 18.1 Å². The van der Waals surface area contributed by atoms with E-state index in [4.69, 9.17) is 11.6 Å². The molecule has 1 atom stereocenters. The Morgan fingerprint density at radius 1 is 1.53 bits per heavy atom. The number of rotatable bonds is 2. The number of amides is 1. The van der Waals surface area contributed by atoms with E-state index in [1.807, 2.05) is 0 Å². The molecule has 19 heavy (non-hydrogen) atoms. The van der Waals surface area contributed by atoms with Crippen LogP contribution in [0.5, 0.6) is 0 Å². The Morgan fingerprint density at radius 3 is 2.89 bits per heavy atom. The average Bonchev–Trinajstić information content (AvgIpc) is 2.37. The predicted octanol–water partition coefficient (Wildman–Crippen LogP) is 0.690. The first kappa shape index (κ1) is 14.5. The van der Waals surface area contributed by atoms with Gasteiger partial charge in [0, 0.05) is 24.3 Å². The number of halogens is 1. The van der Waals surface area contributed by atoms with Gasteiger partial charge >= 0.3 is 0 Å². The Kier molecular flexibility index (Phi) is 4.32. The summed E-state index contributed by atoms with van der Waals surface area (Å²) in [5.41, 5.74) is 0.0630. The highest BCUT2D eigenvalue weighted by Gasteiger charge is 2.35. The maximum atomic E-state index is 12.3. The summed E-state index contributed by atoms with van der Waals surface area (Å²) in [6.45, 7) is 0.370. The van der Waals surface area contributed by atoms with Crippen molar-refractivity contribution in [2.75, 3.05) is 24.3 Å². The molecular weight excluding hydrogens is 310 g/mol. The molecule has 1 amide bonds. The van der Waals surface area contributed by atoms with Gasteiger partial charge in [-0.15, -0.1) is 0 Å². The summed E-state index contributed by atoms with van der Waals surface area (Å²) in [5.74, 6) is 0.621. The molecule has 6 nitrogen and oxygen atoms in total. The highest BCUT2D eigenvalue weighted by atomic mass is 35.5. The van der Waals surface area contributed by atoms with Crippen LogP contribution in [0.1, 0.15) is 10.5 Å². The molecule has 0 radical (unpaired) electrons. The largest absolute Gasteiger partial charge is 0.319 e. The normalized spacial score (nSPS) is 20.3. The van der Waals surface area contributed by atoms with Crippen molar-refractivity contribution in [3.63, 3.8) is 0 Å². The lowest BCUT2D eigenvalue weighted by molar-refractivity contribution is 0.0743. The molecule has 0 aliphatic carbocycles. The highest BCUT2D eigenvalue weighted by molar-refractivity contribution is 8.00. The summed E-state index contributed by atoms with van der Waals surface area (Å²) in [7, 11) is -3.34. The van der Waals surface area contributed by atoms with E-state index < -0.39 is 21.1 Å². The maximum absolute atomic E-state index is 12.3. The quantitative estimate of drug-likeness (QED) is 0.797. The van der Waals surface area contributed by atoms with Crippen molar-refractivity contribution >= 4 is 39.1 Å². The van der Waals surface area contributed by atoms with Gasteiger partial charge in [0.1, 0.15) is 16.2 Å². The second-order valence-corrected chi connectivity index (χ2v) is 7.82. The van der Waals surface area contributed by atoms with Gasteiger partial charge in [-0.3, -0.25) is 9.78 Å². The van der Waals surface area contributed by atoms with Gasteiger partial charge in [0.15, 0.2) is 9.84 Å². The molecule has 1 aromatic rings. The van der Waals surface area contributed by atoms with Gasteiger partial charge in [0.25, 0.3) is 5.91 Å². The number of carbonyl (C=O) groups is 1. The molecule has 1 unspecified atom stereocenters. The van der Waals surface area contributed by atoms with Crippen LogP contribution in [-0.4, -0.2) is 58.9 Å². The second kappa shape index (κ2) is 5.64. The van der Waals surface area contributed by atoms with Crippen molar-refractivity contribution in [3.05, 3.63) is 23.2 Å². The molecule has 104 valence electrons. The van der Waals surface area contributed by atoms with Crippen molar-refractivity contribution in [2.24, 2.45) is 0 Å². The minimum atomic E-state index is -3.34. The zero-order valence-corrected chi connectivity index (χ0v) is 12.5. The van der Waals surface area contributed by atoms with E-state index in [1.54, 1.807) is 0 Å². The molecule has 2 rings (SSSR count). The summed E-state index contributed by atoms with van der Waals surface area (Å²) < 4.78 is 23.5. The van der Waals surface area contributed by atoms with Crippen LogP contribution in [0.25, 0.3) is 0 Å². The number of carbonyl (C=O) groups excluding carboxylic acids is 1. The van der Waals surface area contributed by atoms with Crippen LogP contribution in [-0.2, 0) is 9.84 Å². The van der Waals surface area contributed by atoms with Crippen molar-refractivity contribution in [2.45, 2.75) is 5.37 Å². The van der Waals surface area contributed by atoms with Crippen LogP contribution in [0, 0.1) is 0 Å². The van der Waals surface area contributed by atoms with Crippen LogP contribution >= 0.6 is 23.4 Å². The first-order chi connectivity index (χ1) is 8.89. The Labute approximate surface area is 120 Å². The minimum absolute atomic E-state index is 0.0630. The van der Waals surface area contributed by atoms with Gasteiger partial charge in [-0.2, -0.15) is 11.8 Å². The first-order valence-electron chi connectivity index (χ1n) is 5.44. The summed E-state index contributed by atoms with van der Waals surface area (Å²) in [4.78, 5) is 21.3. The third-order valence-corrected chi connectivity index (χ3v) is 5.49. The molecule has 1 saturated heterocycles. The van der Waals surface area contributed by atoms with Gasteiger partial charge in [-0.05, 0) is 0 Å². The summed E-state index contributed by atoms with van der Waals surface area (Å²) >= 11 is 7.20. The monoisotopic (exact) mass is 321 g/mol. The van der Waals surface area contributed by atoms with Crippen LogP contribution in [0.3, 0.4) is 0 Å². The molecular formula is C10H12ClN3O3S2. The molecule has 1 aromatic heterocycles. The van der Waals surface area contributed by atoms with Crippen LogP contribution < -0.4 is 0 Å². The lowest BCUT2D eigenvalue weighted by atomic mass is 10.3. The van der Waals surface area contributed by atoms with Gasteiger partial charge in [0.05, 0.1) is 12.4 Å². The van der Waals surface area contributed by atoms with E-state index in [0.717, 1.165) is 6.26 Å². The van der Waals surface area contributed by atoms with Crippen molar-refractivity contribution in [3.8, 4) is 0 Å². The van der Waals surface area contributed by atoms with Crippen LogP contribution in [0.15, 0.2) is 12.4 Å². The predicted molar refractivity (Wildman–Crippen MR) is 74.0 cm³/mol. The van der Waals surface area contributed by atoms with E-state index in [9.17, 15) is 13.2 Å². The zero-order valence-electron chi connectivity index (χ0n) is 10.1. The SMILES string of the molecule is CS(=O)(=O)C1CSCCN1C(=O)c1cncc(Cl)n1. The molecule has 0 spiro atoms. The lowest BCUT2D eigenvalue weighted by Gasteiger charge is -2.33.